The molecule has 0 N–H and O–H groups in total. The van der Waals surface area contributed by atoms with Crippen LogP contribution in [0.4, 0.5) is 0 Å². The van der Waals surface area contributed by atoms with Crippen LogP contribution in [-0.4, -0.2) is 59.3 Å². The number of hydrogen-bond acceptors (Lipinski definition) is 4. The fourth-order valence-electron chi connectivity index (χ4n) is 1.82. The predicted octanol–water partition coefficient (Wildman–Crippen LogP) is 1.99. The molecule has 112 valence electrons. The van der Waals surface area contributed by atoms with Crippen molar-refractivity contribution in [2.24, 2.45) is 0 Å². The first-order valence-electron chi connectivity index (χ1n) is 6.46. The van der Waals surface area contributed by atoms with Gasteiger partial charge in [0, 0.05) is 5.56 Å². The number of ether oxygens (including phenoxy) is 3. The number of ketones is 1. The van der Waals surface area contributed by atoms with E-state index >= 15 is 0 Å². The van der Waals surface area contributed by atoms with Crippen LogP contribution in [0.5, 0.6) is 17.2 Å². The van der Waals surface area contributed by atoms with Crippen LogP contribution in [0.3, 0.4) is 0 Å². The molecule has 0 aromatic heterocycles. The lowest BCUT2D eigenvalue weighted by Gasteiger charge is -2.23. The van der Waals surface area contributed by atoms with E-state index < -0.39 is 0 Å². The number of quaternary nitrogens is 1. The van der Waals surface area contributed by atoms with Crippen molar-refractivity contribution >= 4 is 5.78 Å². The van der Waals surface area contributed by atoms with Crippen LogP contribution in [-0.2, 0) is 0 Å². The lowest BCUT2D eigenvalue weighted by molar-refractivity contribution is -0.869. The maximum absolute atomic E-state index is 12.3. The lowest BCUT2D eigenvalue weighted by Crippen LogP contribution is -2.36. The van der Waals surface area contributed by atoms with Crippen LogP contribution >= 0.6 is 0 Å². The van der Waals surface area contributed by atoms with Gasteiger partial charge in [0.15, 0.2) is 17.3 Å². The fourth-order valence-corrected chi connectivity index (χ4v) is 1.82. The Hall–Kier alpha value is -1.75. The predicted molar refractivity (Wildman–Crippen MR) is 77.9 cm³/mol. The third-order valence-corrected chi connectivity index (χ3v) is 3.00. The Kier molecular flexibility index (Phi) is 5.39. The van der Waals surface area contributed by atoms with Gasteiger partial charge in [-0.15, -0.1) is 0 Å². The maximum Gasteiger partial charge on any atom is 0.203 e. The summed E-state index contributed by atoms with van der Waals surface area (Å²) in [5, 5.41) is 0. The molecule has 0 unspecified atom stereocenters. The summed E-state index contributed by atoms with van der Waals surface area (Å²) < 4.78 is 16.5. The van der Waals surface area contributed by atoms with Gasteiger partial charge in [0.25, 0.3) is 0 Å². The van der Waals surface area contributed by atoms with Crippen LogP contribution < -0.4 is 14.2 Å². The van der Waals surface area contributed by atoms with Crippen LogP contribution in [0.15, 0.2) is 12.1 Å². The van der Waals surface area contributed by atoms with Crippen molar-refractivity contribution in [3.05, 3.63) is 17.7 Å². The summed E-state index contributed by atoms with van der Waals surface area (Å²) in [4.78, 5) is 12.3. The van der Waals surface area contributed by atoms with E-state index in [-0.39, 0.29) is 5.78 Å². The zero-order valence-corrected chi connectivity index (χ0v) is 13.1. The Labute approximate surface area is 120 Å². The molecule has 0 saturated heterocycles. The summed E-state index contributed by atoms with van der Waals surface area (Å²) in [5.41, 5.74) is 0.577. The van der Waals surface area contributed by atoms with Crippen molar-refractivity contribution in [3.8, 4) is 17.2 Å². The molecule has 0 saturated carbocycles. The van der Waals surface area contributed by atoms with Crippen molar-refractivity contribution in [1.29, 1.82) is 0 Å². The van der Waals surface area contributed by atoms with Crippen LogP contribution in [0, 0.1) is 0 Å². The second kappa shape index (κ2) is 6.61. The molecule has 0 atom stereocenters. The third kappa shape index (κ3) is 4.13. The van der Waals surface area contributed by atoms with Crippen molar-refractivity contribution in [2.45, 2.75) is 6.42 Å². The summed E-state index contributed by atoms with van der Waals surface area (Å²) in [5.74, 6) is 1.57. The molecule has 0 aliphatic rings. The first-order valence-corrected chi connectivity index (χ1v) is 6.46. The smallest absolute Gasteiger partial charge is 0.203 e. The normalized spacial score (nSPS) is 11.1. The highest BCUT2D eigenvalue weighted by atomic mass is 16.5. The molecule has 5 heteroatoms. The Morgan fingerprint density at radius 1 is 1.00 bits per heavy atom. The maximum atomic E-state index is 12.3. The Balaban J connectivity index is 3.04. The average molecular weight is 282 g/mol. The SMILES string of the molecule is COc1cc(C(=O)CC[N+](C)(C)C)cc(OC)c1OC. The summed E-state index contributed by atoms with van der Waals surface area (Å²) >= 11 is 0. The molecule has 0 fully saturated rings. The zero-order valence-electron chi connectivity index (χ0n) is 13.1. The van der Waals surface area contributed by atoms with E-state index in [0.29, 0.717) is 29.2 Å². The molecule has 0 aliphatic carbocycles. The molecular formula is C15H24NO4+. The standard InChI is InChI=1S/C15H24NO4/c1-16(2,3)8-7-12(17)11-9-13(18-4)15(20-6)14(10-11)19-5/h9-10H,7-8H2,1-6H3/q+1. The fraction of sp³-hybridized carbons (Fsp3) is 0.533. The number of rotatable bonds is 7. The van der Waals surface area contributed by atoms with Crippen LogP contribution in [0.25, 0.3) is 0 Å². The summed E-state index contributed by atoms with van der Waals surface area (Å²) in [6.45, 7) is 0.773. The number of benzene rings is 1. The first-order chi connectivity index (χ1) is 9.32. The highest BCUT2D eigenvalue weighted by Gasteiger charge is 2.18. The number of nitrogens with zero attached hydrogens (tertiary/aromatic N) is 1. The van der Waals surface area contributed by atoms with E-state index in [4.69, 9.17) is 14.2 Å². The lowest BCUT2D eigenvalue weighted by atomic mass is 10.1. The Morgan fingerprint density at radius 2 is 1.50 bits per heavy atom. The number of hydrogen-bond donors (Lipinski definition) is 0. The molecular weight excluding hydrogens is 258 g/mol. The molecule has 0 bridgehead atoms. The summed E-state index contributed by atoms with van der Waals surface area (Å²) in [6.07, 6.45) is 0.474. The number of carbonyl (C=O) groups excluding carboxylic acids is 1. The highest BCUT2D eigenvalue weighted by Crippen LogP contribution is 2.38. The third-order valence-electron chi connectivity index (χ3n) is 3.00. The number of methoxy groups -OCH3 is 3. The summed E-state index contributed by atoms with van der Waals surface area (Å²) in [7, 11) is 10.8. The quantitative estimate of drug-likeness (QED) is 0.567. The Bertz CT molecular complexity index is 452. The molecule has 1 aromatic rings. The van der Waals surface area contributed by atoms with Gasteiger partial charge < -0.3 is 18.7 Å². The van der Waals surface area contributed by atoms with E-state index in [1.54, 1.807) is 19.2 Å². The van der Waals surface area contributed by atoms with E-state index in [1.807, 2.05) is 0 Å². The molecule has 1 aromatic carbocycles. The minimum absolute atomic E-state index is 0.0669. The Morgan fingerprint density at radius 3 is 1.85 bits per heavy atom. The average Bonchev–Trinajstić information content (AvgIpc) is 2.42. The van der Waals surface area contributed by atoms with Gasteiger partial charge in [-0.2, -0.15) is 0 Å². The molecule has 20 heavy (non-hydrogen) atoms. The minimum Gasteiger partial charge on any atom is -0.493 e. The highest BCUT2D eigenvalue weighted by molar-refractivity contribution is 5.97. The van der Waals surface area contributed by atoms with Gasteiger partial charge in [-0.3, -0.25) is 4.79 Å². The molecule has 0 aliphatic heterocycles. The van der Waals surface area contributed by atoms with E-state index in [1.165, 1.54) is 14.2 Å². The molecule has 0 amide bonds. The van der Waals surface area contributed by atoms with E-state index in [9.17, 15) is 4.79 Å². The molecule has 0 radical (unpaired) electrons. The molecule has 0 heterocycles. The van der Waals surface area contributed by atoms with Crippen molar-refractivity contribution in [3.63, 3.8) is 0 Å². The minimum atomic E-state index is 0.0669. The largest absolute Gasteiger partial charge is 0.493 e. The van der Waals surface area contributed by atoms with Gasteiger partial charge in [-0.05, 0) is 12.1 Å². The molecule has 0 spiro atoms. The van der Waals surface area contributed by atoms with Gasteiger partial charge >= 0.3 is 0 Å². The monoisotopic (exact) mass is 282 g/mol. The second-order valence-corrected chi connectivity index (χ2v) is 5.60. The second-order valence-electron chi connectivity index (χ2n) is 5.60. The number of Topliss-reactive ketones (excluding diaryl/α,β-unsaturated/α-hetero) is 1. The van der Waals surface area contributed by atoms with Gasteiger partial charge in [-0.1, -0.05) is 0 Å². The molecule has 1 rings (SSSR count). The van der Waals surface area contributed by atoms with E-state index in [2.05, 4.69) is 21.1 Å². The van der Waals surface area contributed by atoms with Gasteiger partial charge in [0.1, 0.15) is 0 Å². The van der Waals surface area contributed by atoms with Gasteiger partial charge in [0.2, 0.25) is 5.75 Å². The van der Waals surface area contributed by atoms with Crippen molar-refractivity contribution in [2.75, 3.05) is 49.0 Å². The zero-order chi connectivity index (χ0) is 15.3. The topological polar surface area (TPSA) is 44.8 Å². The van der Waals surface area contributed by atoms with Crippen LogP contribution in [0.1, 0.15) is 16.8 Å². The molecule has 5 nitrogen and oxygen atoms in total. The van der Waals surface area contributed by atoms with Gasteiger partial charge in [-0.25, -0.2) is 0 Å². The first kappa shape index (κ1) is 16.3. The van der Waals surface area contributed by atoms with Crippen molar-refractivity contribution < 1.29 is 23.5 Å². The summed E-state index contributed by atoms with van der Waals surface area (Å²) in [6, 6.07) is 3.39. The van der Waals surface area contributed by atoms with Crippen molar-refractivity contribution in [1.82, 2.24) is 0 Å². The van der Waals surface area contributed by atoms with Crippen LogP contribution in [0.2, 0.25) is 0 Å². The van der Waals surface area contributed by atoms with Gasteiger partial charge in [0.05, 0.1) is 55.4 Å². The number of carbonyl (C=O) groups is 1. The van der Waals surface area contributed by atoms with E-state index in [0.717, 1.165) is 11.0 Å².